The van der Waals surface area contributed by atoms with E-state index in [0.717, 1.165) is 100 Å². The summed E-state index contributed by atoms with van der Waals surface area (Å²) in [5, 5.41) is 15.5. The zero-order valence-electron chi connectivity index (χ0n) is 24.9. The van der Waals surface area contributed by atoms with E-state index in [-0.39, 0.29) is 12.4 Å². The van der Waals surface area contributed by atoms with Crippen LogP contribution < -0.4 is 0 Å². The van der Waals surface area contributed by atoms with E-state index >= 15 is 0 Å². The molecule has 2 aromatic carbocycles. The van der Waals surface area contributed by atoms with Crippen LogP contribution >= 0.6 is 24.2 Å². The molecule has 0 saturated heterocycles. The molecule has 222 valence electrons. The number of aromatic nitrogens is 7. The minimum absolute atomic E-state index is 0. The van der Waals surface area contributed by atoms with Gasteiger partial charge in [0.05, 0.1) is 11.2 Å². The summed E-state index contributed by atoms with van der Waals surface area (Å²) < 4.78 is 10.1. The van der Waals surface area contributed by atoms with E-state index in [4.69, 9.17) is 9.40 Å². The highest BCUT2D eigenvalue weighted by molar-refractivity contribution is 7.99. The SMILES string of the molecule is Cc1ccc2c(-c3nnc(SCCCN4CCc5cc6nc(-c7cc(C)nn7C)oc6cc5CC4)n3C)cccc2n1.Cl. The third kappa shape index (κ3) is 5.79. The van der Waals surface area contributed by atoms with Crippen LogP contribution in [0.15, 0.2) is 58.1 Å². The van der Waals surface area contributed by atoms with E-state index < -0.39 is 0 Å². The van der Waals surface area contributed by atoms with Crippen LogP contribution in [0.25, 0.3) is 45.0 Å². The zero-order chi connectivity index (χ0) is 28.8. The van der Waals surface area contributed by atoms with Crippen LogP contribution in [0.2, 0.25) is 0 Å². The Morgan fingerprint density at radius 2 is 1.70 bits per heavy atom. The average Bonchev–Trinajstić information content (AvgIpc) is 3.61. The summed E-state index contributed by atoms with van der Waals surface area (Å²) in [6.45, 7) is 7.17. The second-order valence-corrected chi connectivity index (χ2v) is 12.2. The number of aryl methyl sites for hydroxylation is 3. The van der Waals surface area contributed by atoms with Gasteiger partial charge < -0.3 is 13.9 Å². The summed E-state index contributed by atoms with van der Waals surface area (Å²) in [7, 11) is 3.98. The number of oxazole rings is 1. The summed E-state index contributed by atoms with van der Waals surface area (Å²) in [5.41, 5.74) is 9.45. The number of nitrogens with zero attached hydrogens (tertiary/aromatic N) is 8. The quantitative estimate of drug-likeness (QED) is 0.155. The van der Waals surface area contributed by atoms with E-state index in [1.807, 2.05) is 49.8 Å². The number of thioether (sulfide) groups is 1. The van der Waals surface area contributed by atoms with Crippen molar-refractivity contribution in [2.75, 3.05) is 25.4 Å². The molecule has 5 heterocycles. The highest BCUT2D eigenvalue weighted by atomic mass is 35.5. The number of halogens is 1. The molecule has 0 saturated carbocycles. The summed E-state index contributed by atoms with van der Waals surface area (Å²) in [4.78, 5) is 12.0. The number of benzene rings is 2. The maximum absolute atomic E-state index is 6.16. The molecule has 0 bridgehead atoms. The smallest absolute Gasteiger partial charge is 0.245 e. The van der Waals surface area contributed by atoms with Crippen molar-refractivity contribution in [1.82, 2.24) is 39.4 Å². The van der Waals surface area contributed by atoms with E-state index in [9.17, 15) is 0 Å². The second-order valence-electron chi connectivity index (χ2n) is 11.1. The van der Waals surface area contributed by atoms with Crippen molar-refractivity contribution in [2.45, 2.75) is 38.3 Å². The third-order valence-corrected chi connectivity index (χ3v) is 9.23. The minimum Gasteiger partial charge on any atom is -0.435 e. The number of fused-ring (bicyclic) bond motifs is 3. The molecule has 0 aliphatic carbocycles. The molecular weight excluding hydrogens is 580 g/mol. The first kappa shape index (κ1) is 29.3. The molecule has 0 atom stereocenters. The lowest BCUT2D eigenvalue weighted by Crippen LogP contribution is -2.27. The molecule has 0 amide bonds. The summed E-state index contributed by atoms with van der Waals surface area (Å²) in [6.07, 6.45) is 3.14. The summed E-state index contributed by atoms with van der Waals surface area (Å²) in [5.74, 6) is 2.51. The Kier molecular flexibility index (Phi) is 8.26. The Hall–Kier alpha value is -3.73. The maximum atomic E-state index is 6.16. The molecule has 1 aliphatic heterocycles. The monoisotopic (exact) mass is 614 g/mol. The Morgan fingerprint density at radius 1 is 0.884 bits per heavy atom. The molecule has 11 heteroatoms. The predicted octanol–water partition coefficient (Wildman–Crippen LogP) is 6.19. The molecule has 0 unspecified atom stereocenters. The minimum atomic E-state index is 0. The lowest BCUT2D eigenvalue weighted by Gasteiger charge is -2.19. The highest BCUT2D eigenvalue weighted by Crippen LogP contribution is 2.30. The molecule has 4 aromatic heterocycles. The van der Waals surface area contributed by atoms with Crippen LogP contribution in [0.5, 0.6) is 0 Å². The van der Waals surface area contributed by atoms with E-state index in [2.05, 4.69) is 61.1 Å². The Bertz CT molecular complexity index is 1880. The van der Waals surface area contributed by atoms with Gasteiger partial charge in [-0.1, -0.05) is 30.0 Å². The number of hydrogen-bond acceptors (Lipinski definition) is 8. The van der Waals surface area contributed by atoms with Crippen molar-refractivity contribution in [2.24, 2.45) is 14.1 Å². The number of rotatable bonds is 7. The first-order valence-corrected chi connectivity index (χ1v) is 15.5. The molecular formula is C32H35ClN8OS. The predicted molar refractivity (Wildman–Crippen MR) is 174 cm³/mol. The van der Waals surface area contributed by atoms with Crippen LogP contribution in [0.4, 0.5) is 0 Å². The Morgan fingerprint density at radius 3 is 2.49 bits per heavy atom. The van der Waals surface area contributed by atoms with Gasteiger partial charge in [-0.15, -0.1) is 22.6 Å². The second kappa shape index (κ2) is 12.1. The van der Waals surface area contributed by atoms with Gasteiger partial charge in [0, 0.05) is 49.6 Å². The van der Waals surface area contributed by atoms with Crippen molar-refractivity contribution < 1.29 is 4.42 Å². The molecule has 9 nitrogen and oxygen atoms in total. The standard InChI is InChI=1S/C32H34N8OS.ClH/c1-20-9-10-24-25(7-5-8-26(24)33-20)30-35-36-32(38(30)3)42-16-6-13-40-14-11-22-18-27-29(19-23(22)12-15-40)41-31(34-27)28-17-21(2)37-39(28)4;/h5,7-10,17-19H,6,11-16H2,1-4H3;1H. The Labute approximate surface area is 261 Å². The lowest BCUT2D eigenvalue weighted by molar-refractivity contribution is 0.289. The van der Waals surface area contributed by atoms with Gasteiger partial charge >= 0.3 is 0 Å². The summed E-state index contributed by atoms with van der Waals surface area (Å²) in [6, 6.07) is 16.8. The lowest BCUT2D eigenvalue weighted by atomic mass is 10.0. The van der Waals surface area contributed by atoms with Gasteiger partial charge in [0.1, 0.15) is 11.2 Å². The Balaban J connectivity index is 0.00000329. The largest absolute Gasteiger partial charge is 0.435 e. The highest BCUT2D eigenvalue weighted by Gasteiger charge is 2.19. The van der Waals surface area contributed by atoms with Crippen LogP contribution in [-0.4, -0.2) is 64.8 Å². The van der Waals surface area contributed by atoms with Crippen molar-refractivity contribution >= 4 is 46.2 Å². The first-order chi connectivity index (χ1) is 20.4. The van der Waals surface area contributed by atoms with E-state index in [1.54, 1.807) is 11.8 Å². The van der Waals surface area contributed by atoms with Crippen LogP contribution in [0.1, 0.15) is 28.9 Å². The fourth-order valence-electron chi connectivity index (χ4n) is 5.92. The molecule has 6 aromatic rings. The van der Waals surface area contributed by atoms with Gasteiger partial charge in [-0.3, -0.25) is 9.67 Å². The molecule has 43 heavy (non-hydrogen) atoms. The maximum Gasteiger partial charge on any atom is 0.245 e. The normalized spacial score (nSPS) is 13.8. The van der Waals surface area contributed by atoms with Crippen molar-refractivity contribution in [3.63, 3.8) is 0 Å². The molecule has 7 rings (SSSR count). The molecule has 0 fully saturated rings. The fourth-order valence-corrected chi connectivity index (χ4v) is 6.75. The average molecular weight is 615 g/mol. The van der Waals surface area contributed by atoms with E-state index in [0.29, 0.717) is 5.89 Å². The van der Waals surface area contributed by atoms with Crippen LogP contribution in [0.3, 0.4) is 0 Å². The topological polar surface area (TPSA) is 90.7 Å². The van der Waals surface area contributed by atoms with E-state index in [1.165, 1.54) is 11.1 Å². The van der Waals surface area contributed by atoms with Gasteiger partial charge in [0.25, 0.3) is 0 Å². The van der Waals surface area contributed by atoms with Gasteiger partial charge in [-0.25, -0.2) is 4.98 Å². The van der Waals surface area contributed by atoms with Crippen molar-refractivity contribution in [3.8, 4) is 23.0 Å². The van der Waals surface area contributed by atoms with Gasteiger partial charge in [-0.05, 0) is 81.1 Å². The van der Waals surface area contributed by atoms with Crippen molar-refractivity contribution in [3.05, 3.63) is 71.0 Å². The number of pyridine rings is 1. The summed E-state index contributed by atoms with van der Waals surface area (Å²) >= 11 is 1.78. The molecule has 0 N–H and O–H groups in total. The molecule has 0 radical (unpaired) electrons. The number of hydrogen-bond donors (Lipinski definition) is 0. The zero-order valence-corrected chi connectivity index (χ0v) is 26.5. The third-order valence-electron chi connectivity index (χ3n) is 8.12. The van der Waals surface area contributed by atoms with Crippen molar-refractivity contribution in [1.29, 1.82) is 0 Å². The van der Waals surface area contributed by atoms with Gasteiger partial charge in [0.2, 0.25) is 5.89 Å². The first-order valence-electron chi connectivity index (χ1n) is 14.5. The molecule has 1 aliphatic rings. The van der Waals surface area contributed by atoms with Crippen LogP contribution in [0, 0.1) is 13.8 Å². The fraction of sp³-hybridized carbons (Fsp3) is 0.344. The van der Waals surface area contributed by atoms with Crippen LogP contribution in [-0.2, 0) is 26.9 Å². The molecule has 0 spiro atoms. The van der Waals surface area contributed by atoms with Gasteiger partial charge in [-0.2, -0.15) is 5.10 Å². The van der Waals surface area contributed by atoms with Gasteiger partial charge in [0.15, 0.2) is 16.6 Å².